The highest BCUT2D eigenvalue weighted by atomic mass is 32.1. The summed E-state index contributed by atoms with van der Waals surface area (Å²) in [5.74, 6) is -0.0737. The number of furan rings is 1. The van der Waals surface area contributed by atoms with Gasteiger partial charge in [0.25, 0.3) is 5.91 Å². The smallest absolute Gasteiger partial charge is 0.342 e. The standard InChI is InChI=1S/C14H12N2O4S/c1-8-5-11(9(2)20-8)14(18)19-7-12(17)16-13-10(6-15)3-4-21-13/h3-5H,7H2,1-2H3,(H,16,17). The number of hydrogen-bond donors (Lipinski definition) is 1. The van der Waals surface area contributed by atoms with Gasteiger partial charge >= 0.3 is 5.97 Å². The first-order chi connectivity index (χ1) is 10.0. The number of ether oxygens (including phenoxy) is 1. The van der Waals surface area contributed by atoms with E-state index >= 15 is 0 Å². The van der Waals surface area contributed by atoms with E-state index in [1.807, 2.05) is 6.07 Å². The molecule has 0 saturated carbocycles. The largest absolute Gasteiger partial charge is 0.466 e. The maximum atomic E-state index is 11.8. The number of carbonyl (C=O) groups excluding carboxylic acids is 2. The number of nitrogens with zero attached hydrogens (tertiary/aromatic N) is 1. The summed E-state index contributed by atoms with van der Waals surface area (Å²) in [6.45, 7) is 2.94. The third-order valence-electron chi connectivity index (χ3n) is 2.63. The topological polar surface area (TPSA) is 92.3 Å². The van der Waals surface area contributed by atoms with Gasteiger partial charge in [0.2, 0.25) is 0 Å². The summed E-state index contributed by atoms with van der Waals surface area (Å²) in [5.41, 5.74) is 0.676. The Morgan fingerprint density at radius 3 is 2.86 bits per heavy atom. The van der Waals surface area contributed by atoms with Crippen molar-refractivity contribution in [1.29, 1.82) is 5.26 Å². The second-order valence-electron chi connectivity index (χ2n) is 4.23. The Morgan fingerprint density at radius 2 is 2.24 bits per heavy atom. The molecule has 7 heteroatoms. The van der Waals surface area contributed by atoms with E-state index in [0.29, 0.717) is 27.6 Å². The summed E-state index contributed by atoms with van der Waals surface area (Å²) in [6, 6.07) is 5.12. The molecule has 2 aromatic heterocycles. The number of thiophene rings is 1. The Hall–Kier alpha value is -2.59. The predicted molar refractivity (Wildman–Crippen MR) is 76.1 cm³/mol. The van der Waals surface area contributed by atoms with Gasteiger partial charge in [0.1, 0.15) is 28.2 Å². The van der Waals surface area contributed by atoms with Crippen LogP contribution >= 0.6 is 11.3 Å². The highest BCUT2D eigenvalue weighted by molar-refractivity contribution is 7.14. The Bertz CT molecular complexity index is 724. The van der Waals surface area contributed by atoms with Gasteiger partial charge in [-0.1, -0.05) is 0 Å². The zero-order valence-corrected chi connectivity index (χ0v) is 12.2. The SMILES string of the molecule is Cc1cc(C(=O)OCC(=O)Nc2sccc2C#N)c(C)o1. The van der Waals surface area contributed by atoms with E-state index in [2.05, 4.69) is 5.32 Å². The van der Waals surface area contributed by atoms with Crippen molar-refractivity contribution >= 4 is 28.2 Å². The third-order valence-corrected chi connectivity index (χ3v) is 3.46. The van der Waals surface area contributed by atoms with Crippen molar-refractivity contribution in [3.63, 3.8) is 0 Å². The van der Waals surface area contributed by atoms with Crippen LogP contribution in [0.15, 0.2) is 21.9 Å². The number of amides is 1. The van der Waals surface area contributed by atoms with E-state index in [1.165, 1.54) is 11.3 Å². The fourth-order valence-corrected chi connectivity index (χ4v) is 2.45. The maximum absolute atomic E-state index is 11.8. The summed E-state index contributed by atoms with van der Waals surface area (Å²) < 4.78 is 10.1. The lowest BCUT2D eigenvalue weighted by Gasteiger charge is -2.04. The van der Waals surface area contributed by atoms with Gasteiger partial charge in [-0.3, -0.25) is 4.79 Å². The van der Waals surface area contributed by atoms with Crippen LogP contribution in [0.1, 0.15) is 27.4 Å². The number of carbonyl (C=O) groups is 2. The van der Waals surface area contributed by atoms with Gasteiger partial charge in [0.05, 0.1) is 5.56 Å². The number of nitriles is 1. The molecule has 0 saturated heterocycles. The monoisotopic (exact) mass is 304 g/mol. The first-order valence-electron chi connectivity index (χ1n) is 6.03. The molecule has 6 nitrogen and oxygen atoms in total. The minimum atomic E-state index is -0.619. The normalized spacial score (nSPS) is 9.95. The van der Waals surface area contributed by atoms with E-state index in [0.717, 1.165) is 0 Å². The first kappa shape index (κ1) is 14.8. The molecule has 0 atom stereocenters. The van der Waals surface area contributed by atoms with Gasteiger partial charge < -0.3 is 14.5 Å². The quantitative estimate of drug-likeness (QED) is 0.876. The van der Waals surface area contributed by atoms with Crippen molar-refractivity contribution in [1.82, 2.24) is 0 Å². The number of rotatable bonds is 4. The van der Waals surface area contributed by atoms with Crippen LogP contribution in [0.4, 0.5) is 5.00 Å². The summed E-state index contributed by atoms with van der Waals surface area (Å²) in [5, 5.41) is 13.5. The van der Waals surface area contributed by atoms with Crippen LogP contribution in [0.3, 0.4) is 0 Å². The zero-order valence-electron chi connectivity index (χ0n) is 11.4. The second kappa shape index (κ2) is 6.24. The first-order valence-corrected chi connectivity index (χ1v) is 6.91. The Morgan fingerprint density at radius 1 is 1.48 bits per heavy atom. The van der Waals surface area contributed by atoms with Crippen LogP contribution in [-0.4, -0.2) is 18.5 Å². The molecule has 1 N–H and O–H groups in total. The summed E-state index contributed by atoms with van der Waals surface area (Å²) in [6.07, 6.45) is 0. The predicted octanol–water partition coefficient (Wildman–Crippen LogP) is 2.63. The number of aryl methyl sites for hydroxylation is 2. The third kappa shape index (κ3) is 3.49. The summed E-state index contributed by atoms with van der Waals surface area (Å²) in [7, 11) is 0. The van der Waals surface area contributed by atoms with Gasteiger partial charge in [-0.05, 0) is 31.4 Å². The number of esters is 1. The van der Waals surface area contributed by atoms with Crippen molar-refractivity contribution < 1.29 is 18.7 Å². The Kier molecular flexibility index (Phi) is 4.40. The summed E-state index contributed by atoms with van der Waals surface area (Å²) in [4.78, 5) is 23.5. The fraction of sp³-hybridized carbons (Fsp3) is 0.214. The lowest BCUT2D eigenvalue weighted by Crippen LogP contribution is -2.20. The lowest BCUT2D eigenvalue weighted by molar-refractivity contribution is -0.119. The maximum Gasteiger partial charge on any atom is 0.342 e. The van der Waals surface area contributed by atoms with Gasteiger partial charge in [0.15, 0.2) is 6.61 Å². The molecule has 0 aliphatic carbocycles. The molecule has 0 fully saturated rings. The molecule has 0 radical (unpaired) electrons. The van der Waals surface area contributed by atoms with Crippen molar-refractivity contribution in [2.75, 3.05) is 11.9 Å². The lowest BCUT2D eigenvalue weighted by atomic mass is 10.2. The molecule has 21 heavy (non-hydrogen) atoms. The molecule has 0 spiro atoms. The van der Waals surface area contributed by atoms with Crippen molar-refractivity contribution in [2.45, 2.75) is 13.8 Å². The Balaban J connectivity index is 1.91. The molecule has 0 unspecified atom stereocenters. The number of anilines is 1. The van der Waals surface area contributed by atoms with E-state index in [-0.39, 0.29) is 0 Å². The van der Waals surface area contributed by atoms with Crippen LogP contribution in [0.2, 0.25) is 0 Å². The second-order valence-corrected chi connectivity index (χ2v) is 5.14. The Labute approximate surface area is 124 Å². The molecule has 0 aliphatic rings. The van der Waals surface area contributed by atoms with Crippen molar-refractivity contribution in [3.05, 3.63) is 40.2 Å². The van der Waals surface area contributed by atoms with Gasteiger partial charge in [-0.2, -0.15) is 5.26 Å². The van der Waals surface area contributed by atoms with Crippen LogP contribution in [0.25, 0.3) is 0 Å². The van der Waals surface area contributed by atoms with Crippen LogP contribution in [0.5, 0.6) is 0 Å². The van der Waals surface area contributed by atoms with Gasteiger partial charge in [-0.25, -0.2) is 4.79 Å². The molecule has 2 aromatic rings. The minimum absolute atomic E-state index is 0.300. The van der Waals surface area contributed by atoms with Gasteiger partial charge in [-0.15, -0.1) is 11.3 Å². The van der Waals surface area contributed by atoms with E-state index in [4.69, 9.17) is 14.4 Å². The molecule has 108 valence electrons. The molecule has 0 aromatic carbocycles. The molecule has 1 amide bonds. The molecule has 2 heterocycles. The fourth-order valence-electron chi connectivity index (χ4n) is 1.70. The number of nitrogens with one attached hydrogen (secondary N) is 1. The highest BCUT2D eigenvalue weighted by Crippen LogP contribution is 2.22. The zero-order chi connectivity index (χ0) is 15.4. The molecular weight excluding hydrogens is 292 g/mol. The molecule has 0 bridgehead atoms. The van der Waals surface area contributed by atoms with Crippen LogP contribution < -0.4 is 5.32 Å². The van der Waals surface area contributed by atoms with Crippen LogP contribution in [-0.2, 0) is 9.53 Å². The average molecular weight is 304 g/mol. The van der Waals surface area contributed by atoms with Gasteiger partial charge in [0, 0.05) is 0 Å². The van der Waals surface area contributed by atoms with E-state index in [1.54, 1.807) is 31.4 Å². The highest BCUT2D eigenvalue weighted by Gasteiger charge is 2.17. The average Bonchev–Trinajstić information content (AvgIpc) is 3.02. The van der Waals surface area contributed by atoms with E-state index < -0.39 is 18.5 Å². The summed E-state index contributed by atoms with van der Waals surface area (Å²) >= 11 is 1.23. The van der Waals surface area contributed by atoms with Crippen molar-refractivity contribution in [2.24, 2.45) is 0 Å². The van der Waals surface area contributed by atoms with Crippen LogP contribution in [0, 0.1) is 25.2 Å². The number of hydrogen-bond acceptors (Lipinski definition) is 6. The van der Waals surface area contributed by atoms with E-state index in [9.17, 15) is 9.59 Å². The molecule has 2 rings (SSSR count). The molecule has 0 aliphatic heterocycles. The minimum Gasteiger partial charge on any atom is -0.466 e. The molecular formula is C14H12N2O4S. The van der Waals surface area contributed by atoms with Crippen molar-refractivity contribution in [3.8, 4) is 6.07 Å².